The Morgan fingerprint density at radius 1 is 1.24 bits per heavy atom. The van der Waals surface area contributed by atoms with Crippen molar-refractivity contribution in [3.05, 3.63) is 17.2 Å². The molecule has 120 valence electrons. The lowest BCUT2D eigenvalue weighted by molar-refractivity contribution is 0.0684. The Balaban J connectivity index is 1.82. The summed E-state index contributed by atoms with van der Waals surface area (Å²) in [7, 11) is 1.70. The molecule has 5 nitrogen and oxygen atoms in total. The average Bonchev–Trinajstić information content (AvgIpc) is 2.84. The van der Waals surface area contributed by atoms with E-state index in [2.05, 4.69) is 16.8 Å². The first-order valence-corrected chi connectivity index (χ1v) is 8.21. The molecule has 0 bridgehead atoms. The number of unbranched alkanes of at least 4 members (excludes halogenated alkanes) is 1. The molecule has 0 unspecified atom stereocenters. The minimum Gasteiger partial charge on any atom is -0.382 e. The molecule has 0 fully saturated rings. The van der Waals surface area contributed by atoms with Gasteiger partial charge in [0.25, 0.3) is 0 Å². The second kappa shape index (κ2) is 9.18. The molecule has 0 radical (unpaired) electrons. The van der Waals surface area contributed by atoms with Crippen LogP contribution in [0.4, 0.5) is 0 Å². The van der Waals surface area contributed by atoms with Crippen molar-refractivity contribution in [2.24, 2.45) is 0 Å². The molecule has 0 atom stereocenters. The van der Waals surface area contributed by atoms with E-state index < -0.39 is 0 Å². The Kier molecular flexibility index (Phi) is 7.19. The molecular formula is C16H29N3O2. The van der Waals surface area contributed by atoms with E-state index in [9.17, 15) is 0 Å². The summed E-state index contributed by atoms with van der Waals surface area (Å²) in [5, 5.41) is 3.41. The van der Waals surface area contributed by atoms with Gasteiger partial charge in [0.05, 0.1) is 18.9 Å². The first kappa shape index (κ1) is 16.5. The van der Waals surface area contributed by atoms with Crippen LogP contribution < -0.4 is 5.32 Å². The van der Waals surface area contributed by atoms with Gasteiger partial charge >= 0.3 is 0 Å². The van der Waals surface area contributed by atoms with Crippen LogP contribution in [-0.4, -0.2) is 43.0 Å². The molecule has 2 rings (SSSR count). The second-order valence-corrected chi connectivity index (χ2v) is 5.56. The van der Waals surface area contributed by atoms with Gasteiger partial charge in [0.15, 0.2) is 0 Å². The number of aromatic nitrogens is 2. The van der Waals surface area contributed by atoms with E-state index in [1.54, 1.807) is 7.11 Å². The molecule has 0 amide bonds. The summed E-state index contributed by atoms with van der Waals surface area (Å²) >= 11 is 0. The number of nitrogens with zero attached hydrogens (tertiary/aromatic N) is 2. The fourth-order valence-corrected chi connectivity index (χ4v) is 2.82. The molecule has 1 aromatic rings. The van der Waals surface area contributed by atoms with Crippen LogP contribution in [0.3, 0.4) is 0 Å². The summed E-state index contributed by atoms with van der Waals surface area (Å²) in [6, 6.07) is 0. The lowest BCUT2D eigenvalue weighted by Gasteiger charge is -2.16. The molecule has 0 spiro atoms. The number of fused-ring (bicyclic) bond motifs is 1. The first-order chi connectivity index (χ1) is 10.4. The zero-order valence-corrected chi connectivity index (χ0v) is 13.5. The molecule has 0 aromatic carbocycles. The van der Waals surface area contributed by atoms with Crippen LogP contribution in [0.1, 0.15) is 43.4 Å². The van der Waals surface area contributed by atoms with E-state index in [4.69, 9.17) is 14.5 Å². The molecule has 1 aliphatic rings. The van der Waals surface area contributed by atoms with Crippen molar-refractivity contribution in [1.29, 1.82) is 0 Å². The van der Waals surface area contributed by atoms with Crippen LogP contribution in [-0.2, 0) is 35.4 Å². The van der Waals surface area contributed by atoms with E-state index in [1.165, 1.54) is 17.2 Å². The molecule has 0 saturated carbocycles. The highest BCUT2D eigenvalue weighted by molar-refractivity contribution is 5.20. The number of imidazole rings is 1. The summed E-state index contributed by atoms with van der Waals surface area (Å²) in [5.74, 6) is 1.27. The molecule has 1 aromatic heterocycles. The lowest BCUT2D eigenvalue weighted by Crippen LogP contribution is -2.25. The second-order valence-electron chi connectivity index (χ2n) is 5.56. The molecule has 1 N–H and O–H groups in total. The number of ether oxygens (including phenoxy) is 2. The molecule has 2 heterocycles. The summed E-state index contributed by atoms with van der Waals surface area (Å²) in [6.45, 7) is 7.51. The van der Waals surface area contributed by atoms with Crippen molar-refractivity contribution < 1.29 is 9.47 Å². The Morgan fingerprint density at radius 2 is 2.14 bits per heavy atom. The minimum absolute atomic E-state index is 0.683. The van der Waals surface area contributed by atoms with E-state index in [1.807, 2.05) is 0 Å². The number of hydrogen-bond donors (Lipinski definition) is 1. The van der Waals surface area contributed by atoms with E-state index in [0.717, 1.165) is 58.3 Å². The quantitative estimate of drug-likeness (QED) is 0.670. The molecule has 0 aliphatic carbocycles. The van der Waals surface area contributed by atoms with Gasteiger partial charge in [0, 0.05) is 51.9 Å². The normalized spacial score (nSPS) is 14.4. The average molecular weight is 295 g/mol. The summed E-state index contributed by atoms with van der Waals surface area (Å²) in [5.41, 5.74) is 2.72. The van der Waals surface area contributed by atoms with Gasteiger partial charge < -0.3 is 19.4 Å². The van der Waals surface area contributed by atoms with Gasteiger partial charge in [-0.3, -0.25) is 0 Å². The van der Waals surface area contributed by atoms with Crippen LogP contribution in [0.25, 0.3) is 0 Å². The highest BCUT2D eigenvalue weighted by atomic mass is 16.5. The minimum atomic E-state index is 0.683. The summed E-state index contributed by atoms with van der Waals surface area (Å²) < 4.78 is 13.0. The van der Waals surface area contributed by atoms with Gasteiger partial charge in [0.1, 0.15) is 5.82 Å². The highest BCUT2D eigenvalue weighted by Gasteiger charge is 2.18. The SMILES string of the molecule is CCCc1nc2c(n1CCCCOCCOC)CCNC2. The van der Waals surface area contributed by atoms with E-state index in [-0.39, 0.29) is 0 Å². The fraction of sp³-hybridized carbons (Fsp3) is 0.812. The number of nitrogens with one attached hydrogen (secondary N) is 1. The number of aryl methyl sites for hydroxylation is 1. The number of methoxy groups -OCH3 is 1. The summed E-state index contributed by atoms with van der Waals surface area (Å²) in [4.78, 5) is 4.83. The predicted octanol–water partition coefficient (Wildman–Crippen LogP) is 1.92. The van der Waals surface area contributed by atoms with Crippen LogP contribution in [0.15, 0.2) is 0 Å². The Labute approximate surface area is 128 Å². The maximum atomic E-state index is 5.52. The standard InChI is InChI=1S/C16H29N3O2/c1-3-6-16-18-14-13-17-8-7-15(14)19(16)9-4-5-10-21-12-11-20-2/h17H,3-13H2,1-2H3. The van der Waals surface area contributed by atoms with Crippen molar-refractivity contribution in [1.82, 2.24) is 14.9 Å². The smallest absolute Gasteiger partial charge is 0.109 e. The van der Waals surface area contributed by atoms with E-state index >= 15 is 0 Å². The molecule has 21 heavy (non-hydrogen) atoms. The Bertz CT molecular complexity index is 418. The fourth-order valence-electron chi connectivity index (χ4n) is 2.82. The van der Waals surface area contributed by atoms with Crippen LogP contribution >= 0.6 is 0 Å². The van der Waals surface area contributed by atoms with Gasteiger partial charge in [-0.25, -0.2) is 4.98 Å². The zero-order valence-electron chi connectivity index (χ0n) is 13.5. The number of rotatable bonds is 10. The van der Waals surface area contributed by atoms with Crippen molar-refractivity contribution in [3.8, 4) is 0 Å². The topological polar surface area (TPSA) is 48.3 Å². The molecule has 5 heteroatoms. The Morgan fingerprint density at radius 3 is 2.95 bits per heavy atom. The Hall–Kier alpha value is -0.910. The van der Waals surface area contributed by atoms with Crippen LogP contribution in [0, 0.1) is 0 Å². The largest absolute Gasteiger partial charge is 0.382 e. The monoisotopic (exact) mass is 295 g/mol. The van der Waals surface area contributed by atoms with Gasteiger partial charge in [-0.1, -0.05) is 6.92 Å². The third-order valence-corrected chi connectivity index (χ3v) is 3.89. The highest BCUT2D eigenvalue weighted by Crippen LogP contribution is 2.18. The van der Waals surface area contributed by atoms with Crippen molar-refractivity contribution in [2.75, 3.05) is 33.5 Å². The van der Waals surface area contributed by atoms with Gasteiger partial charge in [0.2, 0.25) is 0 Å². The molecule has 0 saturated heterocycles. The first-order valence-electron chi connectivity index (χ1n) is 8.21. The molecule has 1 aliphatic heterocycles. The third-order valence-electron chi connectivity index (χ3n) is 3.89. The van der Waals surface area contributed by atoms with Gasteiger partial charge in [-0.2, -0.15) is 0 Å². The maximum Gasteiger partial charge on any atom is 0.109 e. The third kappa shape index (κ3) is 4.80. The van der Waals surface area contributed by atoms with Crippen LogP contribution in [0.2, 0.25) is 0 Å². The zero-order chi connectivity index (χ0) is 14.9. The van der Waals surface area contributed by atoms with Crippen LogP contribution in [0.5, 0.6) is 0 Å². The maximum absolute atomic E-state index is 5.52. The van der Waals surface area contributed by atoms with Crippen molar-refractivity contribution >= 4 is 0 Å². The van der Waals surface area contributed by atoms with Gasteiger partial charge in [-0.05, 0) is 19.3 Å². The van der Waals surface area contributed by atoms with E-state index in [0.29, 0.717) is 13.2 Å². The van der Waals surface area contributed by atoms with Gasteiger partial charge in [-0.15, -0.1) is 0 Å². The predicted molar refractivity (Wildman–Crippen MR) is 83.6 cm³/mol. The van der Waals surface area contributed by atoms with Crippen molar-refractivity contribution in [2.45, 2.75) is 52.1 Å². The molecular weight excluding hydrogens is 266 g/mol. The summed E-state index contributed by atoms with van der Waals surface area (Å²) in [6.07, 6.45) is 5.59. The van der Waals surface area contributed by atoms with Crippen molar-refractivity contribution in [3.63, 3.8) is 0 Å². The number of hydrogen-bond acceptors (Lipinski definition) is 4. The lowest BCUT2D eigenvalue weighted by atomic mass is 10.2.